The van der Waals surface area contributed by atoms with Crippen LogP contribution in [0.3, 0.4) is 0 Å². The minimum Gasteiger partial charge on any atom is -0.327 e. The van der Waals surface area contributed by atoms with Gasteiger partial charge in [0.1, 0.15) is 11.6 Å². The van der Waals surface area contributed by atoms with E-state index in [4.69, 9.17) is 5.73 Å². The molecule has 0 aliphatic heterocycles. The Bertz CT molecular complexity index is 1060. The molecule has 0 amide bonds. The van der Waals surface area contributed by atoms with Crippen LogP contribution >= 0.6 is 0 Å². The molecule has 3 aromatic carbocycles. The summed E-state index contributed by atoms with van der Waals surface area (Å²) in [5, 5.41) is 0. The Hall–Kier alpha value is -2.66. The number of hydrogen-bond donors (Lipinski definition) is 1. The first-order valence-corrected chi connectivity index (χ1v) is 11.2. The van der Waals surface area contributed by atoms with Crippen molar-refractivity contribution in [3.05, 3.63) is 83.4 Å². The Morgan fingerprint density at radius 1 is 0.719 bits per heavy atom. The van der Waals surface area contributed by atoms with Crippen LogP contribution in [0.1, 0.15) is 50.5 Å². The number of nitrogens with two attached hydrogens (primary N) is 1. The molecule has 32 heavy (non-hydrogen) atoms. The molecule has 0 bridgehead atoms. The monoisotopic (exact) mass is 441 g/mol. The molecule has 0 heterocycles. The highest BCUT2D eigenvalue weighted by Gasteiger charge is 2.25. The van der Waals surface area contributed by atoms with Crippen molar-refractivity contribution >= 4 is 0 Å². The molecule has 4 rings (SSSR count). The minimum atomic E-state index is -1.15. The zero-order chi connectivity index (χ0) is 22.8. The molecule has 0 saturated heterocycles. The van der Waals surface area contributed by atoms with Crippen LogP contribution in [0.15, 0.2) is 54.6 Å². The molecule has 1 fully saturated rings. The first kappa shape index (κ1) is 22.5. The third kappa shape index (κ3) is 4.58. The fourth-order valence-corrected chi connectivity index (χ4v) is 4.83. The van der Waals surface area contributed by atoms with Crippen molar-refractivity contribution in [2.45, 2.75) is 51.0 Å². The quantitative estimate of drug-likeness (QED) is 0.406. The van der Waals surface area contributed by atoms with Gasteiger partial charge in [0.15, 0.2) is 11.6 Å². The highest BCUT2D eigenvalue weighted by molar-refractivity contribution is 5.72. The van der Waals surface area contributed by atoms with Crippen LogP contribution in [0.4, 0.5) is 17.6 Å². The van der Waals surface area contributed by atoms with Crippen LogP contribution in [0.25, 0.3) is 22.3 Å². The van der Waals surface area contributed by atoms with E-state index in [0.29, 0.717) is 23.0 Å². The van der Waals surface area contributed by atoms with Crippen LogP contribution in [-0.4, -0.2) is 6.04 Å². The van der Waals surface area contributed by atoms with E-state index >= 15 is 0 Å². The van der Waals surface area contributed by atoms with E-state index in [1.807, 2.05) is 24.3 Å². The predicted octanol–water partition coefficient (Wildman–Crippen LogP) is 7.59. The molecule has 0 radical (unpaired) electrons. The van der Waals surface area contributed by atoms with Gasteiger partial charge in [-0.3, -0.25) is 0 Å². The molecule has 0 aromatic heterocycles. The van der Waals surface area contributed by atoms with Gasteiger partial charge in [-0.25, -0.2) is 17.6 Å². The van der Waals surface area contributed by atoms with Crippen molar-refractivity contribution in [3.8, 4) is 22.3 Å². The summed E-state index contributed by atoms with van der Waals surface area (Å²) in [6.45, 7) is 2.13. The smallest absolute Gasteiger partial charge is 0.159 e. The van der Waals surface area contributed by atoms with Crippen LogP contribution in [0, 0.1) is 29.2 Å². The van der Waals surface area contributed by atoms with Crippen molar-refractivity contribution < 1.29 is 17.6 Å². The first-order chi connectivity index (χ1) is 15.4. The van der Waals surface area contributed by atoms with Gasteiger partial charge in [0.25, 0.3) is 0 Å². The minimum absolute atomic E-state index is 0.0424. The second-order valence-electron chi connectivity index (χ2n) is 8.75. The van der Waals surface area contributed by atoms with Gasteiger partial charge in [-0.1, -0.05) is 37.3 Å². The lowest BCUT2D eigenvalue weighted by Crippen LogP contribution is -2.32. The van der Waals surface area contributed by atoms with E-state index in [1.165, 1.54) is 17.7 Å². The van der Waals surface area contributed by atoms with Gasteiger partial charge >= 0.3 is 0 Å². The molecule has 1 atom stereocenters. The van der Waals surface area contributed by atoms with Gasteiger partial charge in [0.05, 0.1) is 5.56 Å². The summed E-state index contributed by atoms with van der Waals surface area (Å²) in [7, 11) is 0. The Morgan fingerprint density at radius 2 is 1.28 bits per heavy atom. The molecule has 2 N–H and O–H groups in total. The Morgan fingerprint density at radius 3 is 1.84 bits per heavy atom. The molecular weight excluding hydrogens is 414 g/mol. The Kier molecular flexibility index (Phi) is 6.66. The lowest BCUT2D eigenvalue weighted by molar-refractivity contribution is 0.277. The Labute approximate surface area is 186 Å². The predicted molar refractivity (Wildman–Crippen MR) is 120 cm³/mol. The summed E-state index contributed by atoms with van der Waals surface area (Å²) in [6, 6.07) is 13.4. The van der Waals surface area contributed by atoms with Gasteiger partial charge < -0.3 is 5.73 Å². The van der Waals surface area contributed by atoms with Gasteiger partial charge in [-0.05, 0) is 90.5 Å². The molecule has 168 valence electrons. The normalized spacial score (nSPS) is 19.7. The molecule has 0 spiro atoms. The van der Waals surface area contributed by atoms with Crippen LogP contribution < -0.4 is 5.73 Å². The average Bonchev–Trinajstić information content (AvgIpc) is 2.80. The molecule has 1 aliphatic rings. The van der Waals surface area contributed by atoms with Crippen molar-refractivity contribution in [3.63, 3.8) is 0 Å². The maximum atomic E-state index is 14.7. The first-order valence-electron chi connectivity index (χ1n) is 11.2. The third-order valence-corrected chi connectivity index (χ3v) is 6.81. The van der Waals surface area contributed by atoms with E-state index in [0.717, 1.165) is 50.3 Å². The van der Waals surface area contributed by atoms with Crippen LogP contribution in [0.2, 0.25) is 0 Å². The zero-order valence-corrected chi connectivity index (χ0v) is 18.1. The number of benzene rings is 3. The summed E-state index contributed by atoms with van der Waals surface area (Å²) in [4.78, 5) is 0. The number of halogens is 4. The van der Waals surface area contributed by atoms with Crippen LogP contribution in [-0.2, 0) is 0 Å². The van der Waals surface area contributed by atoms with Crippen molar-refractivity contribution in [1.82, 2.24) is 0 Å². The molecule has 1 saturated carbocycles. The number of hydrogen-bond acceptors (Lipinski definition) is 1. The van der Waals surface area contributed by atoms with Gasteiger partial charge in [-0.15, -0.1) is 0 Å². The van der Waals surface area contributed by atoms with Gasteiger partial charge in [-0.2, -0.15) is 0 Å². The fourth-order valence-electron chi connectivity index (χ4n) is 4.83. The average molecular weight is 442 g/mol. The molecule has 3 aromatic rings. The fraction of sp³-hybridized carbons (Fsp3) is 0.333. The summed E-state index contributed by atoms with van der Waals surface area (Å²) in [6.07, 6.45) is 5.46. The van der Waals surface area contributed by atoms with E-state index in [9.17, 15) is 17.6 Å². The highest BCUT2D eigenvalue weighted by atomic mass is 19.2. The summed E-state index contributed by atoms with van der Waals surface area (Å²) >= 11 is 0. The highest BCUT2D eigenvalue weighted by Crippen LogP contribution is 2.38. The van der Waals surface area contributed by atoms with E-state index in [1.54, 1.807) is 0 Å². The van der Waals surface area contributed by atoms with Gasteiger partial charge in [0, 0.05) is 6.04 Å². The summed E-state index contributed by atoms with van der Waals surface area (Å²) in [5.74, 6) is -2.77. The van der Waals surface area contributed by atoms with Gasteiger partial charge in [0.2, 0.25) is 0 Å². The van der Waals surface area contributed by atoms with E-state index in [-0.39, 0.29) is 17.2 Å². The topological polar surface area (TPSA) is 26.0 Å². The molecular formula is C27H27F4N. The molecule has 1 unspecified atom stereocenters. The van der Waals surface area contributed by atoms with Crippen molar-refractivity contribution in [2.24, 2.45) is 11.7 Å². The number of rotatable bonds is 5. The van der Waals surface area contributed by atoms with E-state index in [2.05, 4.69) is 6.92 Å². The second kappa shape index (κ2) is 9.45. The molecule has 1 aliphatic carbocycles. The maximum Gasteiger partial charge on any atom is 0.159 e. The van der Waals surface area contributed by atoms with Crippen molar-refractivity contribution in [2.75, 3.05) is 0 Å². The lowest BCUT2D eigenvalue weighted by atomic mass is 9.75. The second-order valence-corrected chi connectivity index (χ2v) is 8.75. The zero-order valence-electron chi connectivity index (χ0n) is 18.1. The maximum absolute atomic E-state index is 14.7. The largest absolute Gasteiger partial charge is 0.327 e. The molecule has 1 nitrogen and oxygen atoms in total. The van der Waals surface area contributed by atoms with E-state index < -0.39 is 23.3 Å². The lowest BCUT2D eigenvalue weighted by Gasteiger charge is -2.32. The molecule has 5 heteroatoms. The standard InChI is InChI=1S/C27H27F4N/c1-2-26(32)19-9-7-17(8-10-19)16-3-5-18(6-4-16)21-14-24(30)27(25(31)15-21)20-11-12-22(28)23(29)13-20/h3-6,11-15,17,19,26H,2,7-10,32H2,1H3. The van der Waals surface area contributed by atoms with Crippen LogP contribution in [0.5, 0.6) is 0 Å². The van der Waals surface area contributed by atoms with Crippen molar-refractivity contribution in [1.29, 1.82) is 0 Å². The Balaban J connectivity index is 1.53. The summed E-state index contributed by atoms with van der Waals surface area (Å²) < 4.78 is 56.2. The SMILES string of the molecule is CCC(N)C1CCC(c2ccc(-c3cc(F)c(-c4ccc(F)c(F)c4)c(F)c3)cc2)CC1. The summed E-state index contributed by atoms with van der Waals surface area (Å²) in [5.41, 5.74) is 8.12. The third-order valence-electron chi connectivity index (χ3n) is 6.81.